The summed E-state index contributed by atoms with van der Waals surface area (Å²) in [5.41, 5.74) is 3.99. The van der Waals surface area contributed by atoms with E-state index in [1.165, 1.54) is 17.2 Å². The number of hydrogen-bond donors (Lipinski definition) is 5. The van der Waals surface area contributed by atoms with Crippen molar-refractivity contribution in [2.24, 2.45) is 11.3 Å². The van der Waals surface area contributed by atoms with E-state index < -0.39 is 57.0 Å². The Morgan fingerprint density at radius 1 is 0.949 bits per heavy atom. The van der Waals surface area contributed by atoms with Crippen molar-refractivity contribution in [1.29, 1.82) is 0 Å². The number of carbonyl (C=O) groups excluding carboxylic acids is 1. The van der Waals surface area contributed by atoms with Crippen molar-refractivity contribution in [2.75, 3.05) is 67.8 Å². The first-order chi connectivity index (χ1) is 37.8. The van der Waals surface area contributed by atoms with E-state index >= 15 is 0 Å². The molecule has 21 nitrogen and oxygen atoms in total. The lowest BCUT2D eigenvalue weighted by atomic mass is 9.59. The number of phosphoric ester groups is 1. The highest BCUT2D eigenvalue weighted by molar-refractivity contribution is 7.90. The van der Waals surface area contributed by atoms with Gasteiger partial charge in [0.1, 0.15) is 24.0 Å². The minimum atomic E-state index is -4.78. The molecule has 23 heteroatoms. The van der Waals surface area contributed by atoms with Crippen LogP contribution in [0.25, 0.3) is 11.0 Å². The second kappa shape index (κ2) is 20.9. The van der Waals surface area contributed by atoms with Gasteiger partial charge in [0, 0.05) is 68.3 Å². The van der Waals surface area contributed by atoms with E-state index in [4.69, 9.17) is 28.5 Å². The van der Waals surface area contributed by atoms with Gasteiger partial charge in [-0.15, -0.1) is 0 Å². The first-order valence-corrected chi connectivity index (χ1v) is 30.7. The van der Waals surface area contributed by atoms with E-state index in [2.05, 4.69) is 62.9 Å². The zero-order chi connectivity index (χ0) is 55.0. The fraction of sp³-hybridized carbons (Fsp3) is 0.536. The number of rotatable bonds is 12. The van der Waals surface area contributed by atoms with Crippen LogP contribution in [0, 0.1) is 21.4 Å². The van der Waals surface area contributed by atoms with Gasteiger partial charge in [-0.05, 0) is 130 Å². The minimum absolute atomic E-state index is 0.00323. The highest BCUT2D eigenvalue weighted by Gasteiger charge is 2.50. The number of H-pyrrole nitrogens is 1. The van der Waals surface area contributed by atoms with Crippen molar-refractivity contribution < 1.29 is 56.0 Å². The van der Waals surface area contributed by atoms with Crippen molar-refractivity contribution in [2.45, 2.75) is 132 Å². The fourth-order valence-electron chi connectivity index (χ4n) is 13.8. The molecule has 1 spiro atoms. The number of phosphoric acid groups is 1. The van der Waals surface area contributed by atoms with Crippen LogP contribution in [0.5, 0.6) is 11.6 Å². The van der Waals surface area contributed by atoms with Crippen molar-refractivity contribution >= 4 is 63.2 Å². The number of aromatic nitrogens is 2. The Morgan fingerprint density at radius 3 is 2.48 bits per heavy atom. The molecule has 7 aliphatic rings. The number of carbonyl (C=O) groups is 1. The van der Waals surface area contributed by atoms with Crippen LogP contribution in [0.3, 0.4) is 0 Å². The van der Waals surface area contributed by atoms with Crippen molar-refractivity contribution in [1.82, 2.24) is 19.6 Å². The molecule has 5 fully saturated rings. The van der Waals surface area contributed by atoms with E-state index in [0.29, 0.717) is 80.2 Å². The van der Waals surface area contributed by atoms with Gasteiger partial charge in [0.25, 0.3) is 21.6 Å². The molecule has 2 aliphatic carbocycles. The Bertz CT molecular complexity index is 3310. The number of nitro benzene ring substituents is 1. The molecule has 0 radical (unpaired) electrons. The predicted octanol–water partition coefficient (Wildman–Crippen LogP) is 8.84. The molecule has 3 aromatic carbocycles. The standard InChI is InChI=1S/C56H69N8O13PS/c1-34(2)40-7-4-5-8-41(40)48-32-73-23-6-20-62(48)38-29-56(30-38)17-21-61(22-18-56)37-9-10-42(45(26-37)63-44-14-24-74-33-50(44)76-54-47(63)25-36-13-19-57-52(36)59-54)53(65)60-79(71,72)39-27-46(64(66)67)51-49(28-39)75-31-43(58-51)35-11-15-55(3,16-12-35)77-78(68,69)70/h4-5,7-10,13,19,25-28,34-35,38,43-44,48,50,58H,6,11-12,14-18,20-24,29-33H2,1-3H3,(H,57,59)(H,60,65)(H2,68,69,70)/t35?,43-,44+,48+,50+,55?/m1/s1. The summed E-state index contributed by atoms with van der Waals surface area (Å²) in [5.74, 6) is -0.353. The molecule has 12 rings (SSSR count). The van der Waals surface area contributed by atoms with Gasteiger partial charge in [0.15, 0.2) is 11.4 Å². The normalized spacial score (nSPS) is 26.4. The Morgan fingerprint density at radius 2 is 1.72 bits per heavy atom. The lowest BCUT2D eigenvalue weighted by Gasteiger charge is -2.56. The second-order valence-corrected chi connectivity index (χ2v) is 26.2. The number of nitrogens with zero attached hydrogens (tertiary/aromatic N) is 5. The summed E-state index contributed by atoms with van der Waals surface area (Å²) >= 11 is 0. The molecule has 79 heavy (non-hydrogen) atoms. The number of benzene rings is 3. The van der Waals surface area contributed by atoms with Gasteiger partial charge in [0.05, 0.1) is 58.0 Å². The number of piperidine rings is 1. The van der Waals surface area contributed by atoms with Crippen LogP contribution in [0.2, 0.25) is 0 Å². The number of nitro groups is 1. The summed E-state index contributed by atoms with van der Waals surface area (Å²) in [7, 11) is -9.51. The fourth-order valence-corrected chi connectivity index (χ4v) is 15.5. The summed E-state index contributed by atoms with van der Waals surface area (Å²) in [4.78, 5) is 60.4. The highest BCUT2D eigenvalue weighted by atomic mass is 32.2. The number of pyridine rings is 1. The van der Waals surface area contributed by atoms with Crippen LogP contribution in [-0.2, 0) is 28.6 Å². The summed E-state index contributed by atoms with van der Waals surface area (Å²) in [6, 6.07) is 20.2. The highest BCUT2D eigenvalue weighted by Crippen LogP contribution is 2.54. The van der Waals surface area contributed by atoms with Crippen LogP contribution in [0.1, 0.15) is 118 Å². The molecule has 4 atom stereocenters. The number of anilines is 4. The SMILES string of the molecule is CC(C)c1ccccc1[C@@H]1COCCCN1C1CC2(CCN(c3ccc(C(=O)NS(=O)(=O)c4cc5c(c([N+](=O)[O-])c4)N[C@@H](C4CCC(C)(OP(=O)(O)O)CC4)CO5)c(N4c5cc6cc[nH]c6nc5O[C@H]5COCC[C@@H]54)c3)CC2)C1. The van der Waals surface area contributed by atoms with E-state index in [1.54, 1.807) is 19.2 Å². The van der Waals surface area contributed by atoms with Crippen LogP contribution >= 0.6 is 7.82 Å². The zero-order valence-corrected chi connectivity index (χ0v) is 46.4. The lowest BCUT2D eigenvalue weighted by Crippen LogP contribution is -2.56. The van der Waals surface area contributed by atoms with Crippen LogP contribution < -0.4 is 29.3 Å². The van der Waals surface area contributed by atoms with Gasteiger partial charge < -0.3 is 48.8 Å². The monoisotopic (exact) mass is 1120 g/mol. The Balaban J connectivity index is 0.815. The number of aromatic amines is 1. The van der Waals surface area contributed by atoms with E-state index in [1.807, 2.05) is 29.2 Å². The molecular formula is C56H69N8O13PS. The predicted molar refractivity (Wildman–Crippen MR) is 295 cm³/mol. The summed E-state index contributed by atoms with van der Waals surface area (Å²) in [6.45, 7) is 11.0. The smallest absolute Gasteiger partial charge is 0.470 e. The number of nitrogens with one attached hydrogen (secondary N) is 3. The van der Waals surface area contributed by atoms with Crippen molar-refractivity contribution in [3.05, 3.63) is 99.7 Å². The molecule has 7 heterocycles. The number of fused-ring (bicyclic) bond motifs is 4. The van der Waals surface area contributed by atoms with E-state index in [9.17, 15) is 37.7 Å². The molecule has 3 saturated heterocycles. The maximum Gasteiger partial charge on any atom is 0.470 e. The Hall–Kier alpha value is -5.84. The van der Waals surface area contributed by atoms with E-state index in [0.717, 1.165) is 75.5 Å². The number of sulfonamides is 1. The molecular weight excluding hydrogens is 1060 g/mol. The number of amides is 1. The third kappa shape index (κ3) is 10.6. The van der Waals surface area contributed by atoms with Crippen LogP contribution in [-0.4, -0.2) is 126 Å². The van der Waals surface area contributed by atoms with E-state index in [-0.39, 0.29) is 53.6 Å². The van der Waals surface area contributed by atoms with Gasteiger partial charge >= 0.3 is 7.82 Å². The molecule has 1 amide bonds. The Kier molecular flexibility index (Phi) is 14.2. The second-order valence-electron chi connectivity index (χ2n) is 23.3. The lowest BCUT2D eigenvalue weighted by molar-refractivity contribution is -0.384. The largest absolute Gasteiger partial charge is 0.489 e. The summed E-state index contributed by atoms with van der Waals surface area (Å²) in [5, 5.41) is 16.7. The van der Waals surface area contributed by atoms with Crippen LogP contribution in [0.4, 0.5) is 28.4 Å². The Labute approximate surface area is 459 Å². The van der Waals surface area contributed by atoms with Crippen molar-refractivity contribution in [3.8, 4) is 11.6 Å². The zero-order valence-electron chi connectivity index (χ0n) is 44.7. The minimum Gasteiger partial charge on any atom is -0.489 e. The topological polar surface area (TPSA) is 260 Å². The first-order valence-electron chi connectivity index (χ1n) is 27.7. The van der Waals surface area contributed by atoms with Gasteiger partial charge in [-0.25, -0.2) is 17.7 Å². The molecule has 422 valence electrons. The van der Waals surface area contributed by atoms with Gasteiger partial charge in [0.2, 0.25) is 5.88 Å². The molecule has 5 aliphatic heterocycles. The molecule has 0 unspecified atom stereocenters. The van der Waals surface area contributed by atoms with Gasteiger partial charge in [-0.1, -0.05) is 38.1 Å². The molecule has 5 N–H and O–H groups in total. The molecule has 5 aromatic rings. The number of ether oxygens (including phenoxy) is 4. The maximum absolute atomic E-state index is 14.9. The number of hydrogen-bond acceptors (Lipinski definition) is 16. The molecule has 2 saturated carbocycles. The quantitative estimate of drug-likeness (QED) is 0.0444. The third-order valence-electron chi connectivity index (χ3n) is 18.0. The molecule has 2 aromatic heterocycles. The van der Waals surface area contributed by atoms with Crippen LogP contribution in [0.15, 0.2) is 77.8 Å². The van der Waals surface area contributed by atoms with Gasteiger partial charge in [-0.2, -0.15) is 4.98 Å². The average Bonchev–Trinajstić information content (AvgIpc) is 3.95. The maximum atomic E-state index is 14.9. The van der Waals surface area contributed by atoms with Gasteiger partial charge in [-0.3, -0.25) is 24.3 Å². The summed E-state index contributed by atoms with van der Waals surface area (Å²) < 4.78 is 72.7. The van der Waals surface area contributed by atoms with Crippen molar-refractivity contribution in [3.63, 3.8) is 0 Å². The first kappa shape index (κ1) is 53.8. The average molecular weight is 1130 g/mol. The molecule has 0 bridgehead atoms. The third-order valence-corrected chi connectivity index (χ3v) is 20.0. The summed E-state index contributed by atoms with van der Waals surface area (Å²) in [6.07, 6.45) is 8.76.